The Kier molecular flexibility index (Phi) is 4.62. The summed E-state index contributed by atoms with van der Waals surface area (Å²) in [4.78, 5) is 55.4. The second kappa shape index (κ2) is 7.46. The Morgan fingerprint density at radius 2 is 1.65 bits per heavy atom. The van der Waals surface area contributed by atoms with E-state index in [-0.39, 0.29) is 12.8 Å². The number of carbonyl (C=O) groups excluding carboxylic acids is 3. The number of ether oxygens (including phenoxy) is 2. The van der Waals surface area contributed by atoms with Gasteiger partial charge in [0.1, 0.15) is 19.1 Å². The molecule has 3 aromatic rings. The van der Waals surface area contributed by atoms with Gasteiger partial charge in [-0.1, -0.05) is 12.1 Å². The summed E-state index contributed by atoms with van der Waals surface area (Å²) in [6, 6.07) is 11.9. The highest BCUT2D eigenvalue weighted by Gasteiger charge is 2.38. The minimum atomic E-state index is -1.45. The summed E-state index contributed by atoms with van der Waals surface area (Å²) < 4.78 is 12.5. The average Bonchev–Trinajstić information content (AvgIpc) is 2.78. The fraction of sp³-hybridized carbons (Fsp3) is 0.261. The lowest BCUT2D eigenvalue weighted by molar-refractivity contribution is -0.133. The molecule has 1 aliphatic heterocycles. The van der Waals surface area contributed by atoms with E-state index in [1.54, 1.807) is 42.5 Å². The molecule has 1 aliphatic carbocycles. The molecule has 0 spiro atoms. The van der Waals surface area contributed by atoms with E-state index in [1.807, 2.05) is 0 Å². The zero-order valence-corrected chi connectivity index (χ0v) is 16.5. The van der Waals surface area contributed by atoms with Crippen LogP contribution in [0.4, 0.5) is 0 Å². The van der Waals surface area contributed by atoms with E-state index < -0.39 is 34.5 Å². The maximum absolute atomic E-state index is 13.4. The number of benzene rings is 2. The summed E-state index contributed by atoms with van der Waals surface area (Å²) in [5, 5.41) is 0. The molecule has 5 rings (SSSR count). The Bertz CT molecular complexity index is 1290. The minimum Gasteiger partial charge on any atom is -0.486 e. The van der Waals surface area contributed by atoms with Gasteiger partial charge in [0, 0.05) is 18.9 Å². The largest absolute Gasteiger partial charge is 0.486 e. The number of aromatic nitrogens is 2. The van der Waals surface area contributed by atoms with E-state index in [4.69, 9.17) is 9.47 Å². The van der Waals surface area contributed by atoms with Crippen LogP contribution in [-0.4, -0.2) is 40.1 Å². The van der Waals surface area contributed by atoms with Crippen LogP contribution in [0.1, 0.15) is 29.8 Å². The molecular weight excluding hydrogens is 400 g/mol. The molecule has 8 nitrogen and oxygen atoms in total. The second-order valence-electron chi connectivity index (χ2n) is 7.50. The van der Waals surface area contributed by atoms with E-state index in [2.05, 4.69) is 4.98 Å². The van der Waals surface area contributed by atoms with Crippen molar-refractivity contribution in [3.63, 3.8) is 0 Å². The molecule has 0 unspecified atom stereocenters. The van der Waals surface area contributed by atoms with Gasteiger partial charge in [-0.3, -0.25) is 23.7 Å². The standard InChI is InChI=1S/C23H18N2O6/c26-16-6-3-7-17(27)20(16)22(28)21-23(29)25(15-5-2-1-4-14(15)24-21)13-8-9-18-19(12-13)31-11-10-30-18/h1-2,4-5,8-9,12,20H,3,6-7,10-11H2. The summed E-state index contributed by atoms with van der Waals surface area (Å²) in [6.45, 7) is 0.824. The van der Waals surface area contributed by atoms with Gasteiger partial charge in [-0.2, -0.15) is 0 Å². The first-order valence-electron chi connectivity index (χ1n) is 10.1. The first-order chi connectivity index (χ1) is 15.0. The van der Waals surface area contributed by atoms with Gasteiger partial charge in [0.05, 0.1) is 16.7 Å². The Morgan fingerprint density at radius 1 is 0.935 bits per heavy atom. The average molecular weight is 418 g/mol. The molecular formula is C23H18N2O6. The van der Waals surface area contributed by atoms with E-state index in [0.29, 0.717) is 47.9 Å². The molecule has 0 atom stereocenters. The Labute approximate surface area is 176 Å². The maximum Gasteiger partial charge on any atom is 0.285 e. The smallest absolute Gasteiger partial charge is 0.285 e. The molecule has 2 heterocycles. The molecule has 1 fully saturated rings. The molecule has 2 aliphatic rings. The predicted octanol–water partition coefficient (Wildman–Crippen LogP) is 2.28. The van der Waals surface area contributed by atoms with Crippen LogP contribution in [0.15, 0.2) is 47.3 Å². The molecule has 0 bridgehead atoms. The van der Waals surface area contributed by atoms with Crippen LogP contribution in [0.25, 0.3) is 16.7 Å². The van der Waals surface area contributed by atoms with Crippen LogP contribution in [0.3, 0.4) is 0 Å². The molecule has 0 radical (unpaired) electrons. The molecule has 0 N–H and O–H groups in total. The fourth-order valence-electron chi connectivity index (χ4n) is 4.05. The van der Waals surface area contributed by atoms with Crippen LogP contribution in [0.5, 0.6) is 11.5 Å². The normalized spacial score (nSPS) is 16.5. The maximum atomic E-state index is 13.4. The van der Waals surface area contributed by atoms with E-state index in [1.165, 1.54) is 4.57 Å². The van der Waals surface area contributed by atoms with Gasteiger partial charge in [-0.15, -0.1) is 0 Å². The highest BCUT2D eigenvalue weighted by molar-refractivity contribution is 6.24. The zero-order valence-electron chi connectivity index (χ0n) is 16.5. The summed E-state index contributed by atoms with van der Waals surface area (Å²) in [7, 11) is 0. The first-order valence-corrected chi connectivity index (χ1v) is 10.1. The highest BCUT2D eigenvalue weighted by atomic mass is 16.6. The lowest BCUT2D eigenvalue weighted by atomic mass is 9.83. The lowest BCUT2D eigenvalue weighted by Crippen LogP contribution is -2.39. The number of nitrogens with zero attached hydrogens (tertiary/aromatic N) is 2. The van der Waals surface area contributed by atoms with Crippen LogP contribution in [0.2, 0.25) is 0 Å². The number of para-hydroxylation sites is 2. The fourth-order valence-corrected chi connectivity index (χ4v) is 4.05. The quantitative estimate of drug-likeness (QED) is 0.475. The van der Waals surface area contributed by atoms with Crippen molar-refractivity contribution in [3.05, 3.63) is 58.5 Å². The minimum absolute atomic E-state index is 0.145. The van der Waals surface area contributed by atoms with Gasteiger partial charge in [0.2, 0.25) is 5.78 Å². The van der Waals surface area contributed by atoms with Crippen LogP contribution >= 0.6 is 0 Å². The second-order valence-corrected chi connectivity index (χ2v) is 7.50. The monoisotopic (exact) mass is 418 g/mol. The van der Waals surface area contributed by atoms with Gasteiger partial charge in [-0.05, 0) is 30.7 Å². The van der Waals surface area contributed by atoms with Crippen molar-refractivity contribution in [1.29, 1.82) is 0 Å². The summed E-state index contributed by atoms with van der Waals surface area (Å²) in [5.74, 6) is -2.15. The molecule has 156 valence electrons. The van der Waals surface area contributed by atoms with Crippen molar-refractivity contribution in [1.82, 2.24) is 9.55 Å². The molecule has 2 aromatic carbocycles. The lowest BCUT2D eigenvalue weighted by Gasteiger charge is -2.20. The molecule has 31 heavy (non-hydrogen) atoms. The van der Waals surface area contributed by atoms with Crippen molar-refractivity contribution in [2.75, 3.05) is 13.2 Å². The van der Waals surface area contributed by atoms with Crippen LogP contribution in [0, 0.1) is 5.92 Å². The van der Waals surface area contributed by atoms with Crippen molar-refractivity contribution in [2.24, 2.45) is 5.92 Å². The topological polar surface area (TPSA) is 105 Å². The number of ketones is 3. The third-order valence-electron chi connectivity index (χ3n) is 5.53. The molecule has 8 heteroatoms. The van der Waals surface area contributed by atoms with Crippen LogP contribution < -0.4 is 15.0 Å². The van der Waals surface area contributed by atoms with Gasteiger partial charge < -0.3 is 9.47 Å². The van der Waals surface area contributed by atoms with E-state index >= 15 is 0 Å². The number of fused-ring (bicyclic) bond motifs is 2. The number of rotatable bonds is 3. The summed E-state index contributed by atoms with van der Waals surface area (Å²) in [5.41, 5.74) is 0.245. The van der Waals surface area contributed by atoms with Crippen molar-refractivity contribution in [2.45, 2.75) is 19.3 Å². The number of Topliss-reactive ketones (excluding diaryl/α,β-unsaturated/α-hetero) is 3. The van der Waals surface area contributed by atoms with Crippen molar-refractivity contribution >= 4 is 28.4 Å². The van der Waals surface area contributed by atoms with Gasteiger partial charge in [0.25, 0.3) is 5.56 Å². The number of hydrogen-bond donors (Lipinski definition) is 0. The molecule has 0 saturated heterocycles. The van der Waals surface area contributed by atoms with Gasteiger partial charge in [-0.25, -0.2) is 4.98 Å². The number of hydrogen-bond acceptors (Lipinski definition) is 7. The molecule has 0 amide bonds. The summed E-state index contributed by atoms with van der Waals surface area (Å²) >= 11 is 0. The SMILES string of the molecule is O=C1CCCC(=O)C1C(=O)c1nc2ccccc2n(-c2ccc3c(c2)OCCO3)c1=O. The van der Waals surface area contributed by atoms with E-state index in [0.717, 1.165) is 0 Å². The molecule has 1 aromatic heterocycles. The van der Waals surface area contributed by atoms with Gasteiger partial charge in [0.15, 0.2) is 28.8 Å². The predicted molar refractivity (Wildman–Crippen MR) is 110 cm³/mol. The zero-order chi connectivity index (χ0) is 21.5. The van der Waals surface area contributed by atoms with Crippen molar-refractivity contribution < 1.29 is 23.9 Å². The van der Waals surface area contributed by atoms with E-state index in [9.17, 15) is 19.2 Å². The highest BCUT2D eigenvalue weighted by Crippen LogP contribution is 2.32. The van der Waals surface area contributed by atoms with Crippen molar-refractivity contribution in [3.8, 4) is 17.2 Å². The van der Waals surface area contributed by atoms with Crippen LogP contribution in [-0.2, 0) is 9.59 Å². The third kappa shape index (κ3) is 3.20. The Balaban J connectivity index is 1.71. The number of carbonyl (C=O) groups is 3. The Morgan fingerprint density at radius 3 is 2.42 bits per heavy atom. The third-order valence-corrected chi connectivity index (χ3v) is 5.53. The molecule has 1 saturated carbocycles. The Hall–Kier alpha value is -3.81. The first kappa shape index (κ1) is 19.2. The van der Waals surface area contributed by atoms with Gasteiger partial charge >= 0.3 is 0 Å². The summed E-state index contributed by atoms with van der Waals surface area (Å²) in [6.07, 6.45) is 0.714.